The largest absolute Gasteiger partial charge is 0.368 e. The van der Waals surface area contributed by atoms with Crippen LogP contribution in [0.2, 0.25) is 0 Å². The highest BCUT2D eigenvalue weighted by atomic mass is 16.6. The highest BCUT2D eigenvalue weighted by molar-refractivity contribution is 5.48. The second-order valence-electron chi connectivity index (χ2n) is 5.06. The van der Waals surface area contributed by atoms with Crippen LogP contribution in [0.15, 0.2) is 18.3 Å². The second kappa shape index (κ2) is 7.56. The van der Waals surface area contributed by atoms with E-state index in [1.165, 1.54) is 42.8 Å². The first-order chi connectivity index (χ1) is 10.2. The molecule has 0 spiro atoms. The Hall–Kier alpha value is -2.18. The van der Waals surface area contributed by atoms with Gasteiger partial charge in [0, 0.05) is 12.6 Å². The summed E-state index contributed by atoms with van der Waals surface area (Å²) in [6, 6.07) is 3.52. The number of unbranched alkanes of at least 4 members (excludes halogenated alkanes) is 5. The van der Waals surface area contributed by atoms with Crippen LogP contribution < -0.4 is 5.32 Å². The highest BCUT2D eigenvalue weighted by Crippen LogP contribution is 2.14. The molecule has 0 radical (unpaired) electrons. The summed E-state index contributed by atoms with van der Waals surface area (Å²) in [7, 11) is 0. The van der Waals surface area contributed by atoms with E-state index in [4.69, 9.17) is 0 Å². The van der Waals surface area contributed by atoms with Crippen molar-refractivity contribution in [1.29, 1.82) is 0 Å². The normalized spacial score (nSPS) is 10.9. The molecule has 2 aromatic heterocycles. The summed E-state index contributed by atoms with van der Waals surface area (Å²) in [6.45, 7) is 3.03. The Bertz CT molecular complexity index is 596. The van der Waals surface area contributed by atoms with E-state index in [9.17, 15) is 10.1 Å². The van der Waals surface area contributed by atoms with Gasteiger partial charge in [-0.25, -0.2) is 4.98 Å². The molecule has 0 amide bonds. The monoisotopic (exact) mass is 291 g/mol. The molecule has 2 heterocycles. The van der Waals surface area contributed by atoms with Crippen molar-refractivity contribution in [2.24, 2.45) is 0 Å². The summed E-state index contributed by atoms with van der Waals surface area (Å²) in [6.07, 6.45) is 8.61. The number of aromatic nitrogens is 3. The highest BCUT2D eigenvalue weighted by Gasteiger charge is 2.15. The van der Waals surface area contributed by atoms with Gasteiger partial charge in [0.2, 0.25) is 5.65 Å². The molecule has 7 heteroatoms. The summed E-state index contributed by atoms with van der Waals surface area (Å²) in [4.78, 5) is 14.3. The molecule has 0 atom stereocenters. The first kappa shape index (κ1) is 15.2. The number of anilines is 1. The minimum absolute atomic E-state index is 0.117. The van der Waals surface area contributed by atoms with Crippen LogP contribution in [-0.4, -0.2) is 26.1 Å². The Labute approximate surface area is 123 Å². The topological polar surface area (TPSA) is 85.4 Å². The number of rotatable bonds is 9. The van der Waals surface area contributed by atoms with Gasteiger partial charge in [-0.3, -0.25) is 0 Å². The van der Waals surface area contributed by atoms with Crippen molar-refractivity contribution in [3.63, 3.8) is 0 Å². The molecule has 0 saturated heterocycles. The summed E-state index contributed by atoms with van der Waals surface area (Å²) >= 11 is 0. The van der Waals surface area contributed by atoms with Gasteiger partial charge < -0.3 is 15.4 Å². The minimum atomic E-state index is -0.482. The van der Waals surface area contributed by atoms with E-state index in [0.717, 1.165) is 13.0 Å². The van der Waals surface area contributed by atoms with Gasteiger partial charge in [0.1, 0.15) is 6.20 Å². The molecule has 0 aliphatic rings. The fourth-order valence-corrected chi connectivity index (χ4v) is 2.20. The van der Waals surface area contributed by atoms with Gasteiger partial charge in [-0.2, -0.15) is 0 Å². The van der Waals surface area contributed by atoms with Crippen LogP contribution in [0, 0.1) is 10.1 Å². The zero-order valence-electron chi connectivity index (χ0n) is 12.3. The van der Waals surface area contributed by atoms with Crippen molar-refractivity contribution in [2.75, 3.05) is 11.9 Å². The summed E-state index contributed by atoms with van der Waals surface area (Å²) in [5, 5.41) is 18.3. The average molecular weight is 291 g/mol. The molecule has 0 saturated carbocycles. The molecule has 0 unspecified atom stereocenters. The van der Waals surface area contributed by atoms with Crippen LogP contribution in [0.4, 0.5) is 11.6 Å². The third kappa shape index (κ3) is 4.14. The molecule has 0 aliphatic carbocycles. The predicted octanol–water partition coefficient (Wildman–Crippen LogP) is 3.41. The van der Waals surface area contributed by atoms with Crippen LogP contribution in [0.5, 0.6) is 0 Å². The van der Waals surface area contributed by atoms with Gasteiger partial charge in [-0.15, -0.1) is 0 Å². The van der Waals surface area contributed by atoms with E-state index in [0.29, 0.717) is 11.5 Å². The standard InChI is InChI=1S/C14H21N5O2/c1-2-3-4-5-6-7-10-15-12-8-9-13-16-11-14(19(20)21)18(13)17-12/h8-9,11H,2-7,10H2,1H3,(H,15,17). The zero-order chi connectivity index (χ0) is 15.1. The lowest BCUT2D eigenvalue weighted by Crippen LogP contribution is -2.06. The number of nitro groups is 1. The van der Waals surface area contributed by atoms with Gasteiger partial charge in [-0.1, -0.05) is 48.6 Å². The maximum absolute atomic E-state index is 10.9. The van der Waals surface area contributed by atoms with Crippen molar-refractivity contribution in [2.45, 2.75) is 45.4 Å². The van der Waals surface area contributed by atoms with Crippen LogP contribution in [0.25, 0.3) is 5.65 Å². The SMILES string of the molecule is CCCCCCCCNc1ccc2ncc([N+](=O)[O-])n2n1. The average Bonchev–Trinajstić information content (AvgIpc) is 2.89. The number of nitrogens with one attached hydrogen (secondary N) is 1. The summed E-state index contributed by atoms with van der Waals surface area (Å²) < 4.78 is 1.25. The van der Waals surface area contributed by atoms with Crippen LogP contribution in [-0.2, 0) is 0 Å². The first-order valence-corrected chi connectivity index (χ1v) is 7.45. The molecule has 1 N–H and O–H groups in total. The van der Waals surface area contributed by atoms with E-state index < -0.39 is 4.92 Å². The molecule has 7 nitrogen and oxygen atoms in total. The minimum Gasteiger partial charge on any atom is -0.367 e. The molecule has 0 fully saturated rings. The van der Waals surface area contributed by atoms with E-state index in [1.807, 2.05) is 0 Å². The van der Waals surface area contributed by atoms with E-state index in [2.05, 4.69) is 22.3 Å². The van der Waals surface area contributed by atoms with E-state index >= 15 is 0 Å². The van der Waals surface area contributed by atoms with Crippen LogP contribution in [0.1, 0.15) is 45.4 Å². The fraction of sp³-hybridized carbons (Fsp3) is 0.571. The number of hydrogen-bond donors (Lipinski definition) is 1. The Morgan fingerprint density at radius 2 is 2.00 bits per heavy atom. The third-order valence-electron chi connectivity index (χ3n) is 3.37. The van der Waals surface area contributed by atoms with Gasteiger partial charge in [-0.05, 0) is 17.4 Å². The Morgan fingerprint density at radius 3 is 2.76 bits per heavy atom. The number of imidazole rings is 1. The van der Waals surface area contributed by atoms with Gasteiger partial charge >= 0.3 is 5.82 Å². The second-order valence-corrected chi connectivity index (χ2v) is 5.06. The Morgan fingerprint density at radius 1 is 1.24 bits per heavy atom. The Balaban J connectivity index is 1.85. The Kier molecular flexibility index (Phi) is 5.48. The predicted molar refractivity (Wildman–Crippen MR) is 81.5 cm³/mol. The number of fused-ring (bicyclic) bond motifs is 1. The quantitative estimate of drug-likeness (QED) is 0.434. The lowest BCUT2D eigenvalue weighted by Gasteiger charge is -2.04. The van der Waals surface area contributed by atoms with Crippen molar-refractivity contribution >= 4 is 17.3 Å². The fourth-order valence-electron chi connectivity index (χ4n) is 2.20. The molecule has 0 aromatic carbocycles. The van der Waals surface area contributed by atoms with Crippen molar-refractivity contribution in [3.8, 4) is 0 Å². The first-order valence-electron chi connectivity index (χ1n) is 7.45. The molecule has 0 aliphatic heterocycles. The van der Waals surface area contributed by atoms with Gasteiger partial charge in [0.05, 0.1) is 0 Å². The number of nitrogens with zero attached hydrogens (tertiary/aromatic N) is 4. The van der Waals surface area contributed by atoms with Crippen molar-refractivity contribution in [3.05, 3.63) is 28.4 Å². The summed E-state index contributed by atoms with van der Waals surface area (Å²) in [5.41, 5.74) is 0.479. The smallest absolute Gasteiger partial charge is 0.367 e. The lowest BCUT2D eigenvalue weighted by molar-refractivity contribution is -0.391. The van der Waals surface area contributed by atoms with Gasteiger partial charge in [0.15, 0.2) is 5.82 Å². The molecule has 2 rings (SSSR count). The summed E-state index contributed by atoms with van der Waals surface area (Å²) in [5.74, 6) is 0.519. The van der Waals surface area contributed by atoms with Crippen molar-refractivity contribution < 1.29 is 4.92 Å². The molecular weight excluding hydrogens is 270 g/mol. The molecular formula is C14H21N5O2. The van der Waals surface area contributed by atoms with Crippen LogP contribution >= 0.6 is 0 Å². The van der Waals surface area contributed by atoms with E-state index in [-0.39, 0.29) is 5.82 Å². The maximum atomic E-state index is 10.9. The lowest BCUT2D eigenvalue weighted by atomic mass is 10.1. The molecule has 0 bridgehead atoms. The third-order valence-corrected chi connectivity index (χ3v) is 3.37. The van der Waals surface area contributed by atoms with Gasteiger partial charge in [0.25, 0.3) is 0 Å². The molecule has 21 heavy (non-hydrogen) atoms. The van der Waals surface area contributed by atoms with Crippen molar-refractivity contribution in [1.82, 2.24) is 14.6 Å². The van der Waals surface area contributed by atoms with E-state index in [1.54, 1.807) is 12.1 Å². The maximum Gasteiger partial charge on any atom is 0.368 e. The van der Waals surface area contributed by atoms with Crippen LogP contribution in [0.3, 0.4) is 0 Å². The zero-order valence-corrected chi connectivity index (χ0v) is 12.3. The number of hydrogen-bond acceptors (Lipinski definition) is 5. The molecule has 114 valence electrons. The molecule has 2 aromatic rings.